The van der Waals surface area contributed by atoms with Crippen molar-refractivity contribution in [3.63, 3.8) is 0 Å². The van der Waals surface area contributed by atoms with E-state index in [0.29, 0.717) is 5.69 Å². The number of thioether (sulfide) groups is 1. The zero-order valence-corrected chi connectivity index (χ0v) is 17.2. The van der Waals surface area contributed by atoms with Crippen molar-refractivity contribution < 1.29 is 4.79 Å². The van der Waals surface area contributed by atoms with E-state index in [1.165, 1.54) is 15.3 Å². The maximum Gasteiger partial charge on any atom is 0.272 e. The zero-order valence-electron chi connectivity index (χ0n) is 15.6. The second kappa shape index (κ2) is 7.73. The molecule has 2 aliphatic rings. The summed E-state index contributed by atoms with van der Waals surface area (Å²) < 4.78 is 1.30. The van der Waals surface area contributed by atoms with Gasteiger partial charge in [-0.3, -0.25) is 14.8 Å². The lowest BCUT2D eigenvalue weighted by Gasteiger charge is -2.34. The fourth-order valence-electron chi connectivity index (χ4n) is 3.95. The van der Waals surface area contributed by atoms with E-state index in [2.05, 4.69) is 50.8 Å². The lowest BCUT2D eigenvalue weighted by molar-refractivity contribution is 0.0621. The van der Waals surface area contributed by atoms with Gasteiger partial charge in [-0.2, -0.15) is 5.10 Å². The highest BCUT2D eigenvalue weighted by atomic mass is 32.2. The third kappa shape index (κ3) is 3.38. The maximum absolute atomic E-state index is 13.2. The van der Waals surface area contributed by atoms with Crippen LogP contribution in [-0.4, -0.2) is 57.8 Å². The van der Waals surface area contributed by atoms with Crippen molar-refractivity contribution in [2.24, 2.45) is 0 Å². The molecule has 1 amide bonds. The predicted molar refractivity (Wildman–Crippen MR) is 114 cm³/mol. The molecule has 4 heterocycles. The van der Waals surface area contributed by atoms with Gasteiger partial charge in [0.05, 0.1) is 9.90 Å². The van der Waals surface area contributed by atoms with E-state index < -0.39 is 0 Å². The Morgan fingerprint density at radius 3 is 2.75 bits per heavy atom. The summed E-state index contributed by atoms with van der Waals surface area (Å²) >= 11 is 3.62. The van der Waals surface area contributed by atoms with Crippen LogP contribution in [-0.2, 0) is 13.0 Å². The molecule has 0 unspecified atom stereocenters. The number of carbonyl (C=O) groups excluding carboxylic acids is 1. The van der Waals surface area contributed by atoms with E-state index in [1.807, 2.05) is 22.7 Å². The first-order chi connectivity index (χ1) is 13.8. The van der Waals surface area contributed by atoms with Crippen LogP contribution in [0.4, 0.5) is 0 Å². The highest BCUT2D eigenvalue weighted by molar-refractivity contribution is 8.01. The summed E-state index contributed by atoms with van der Waals surface area (Å²) in [6, 6.07) is 12.6. The summed E-state index contributed by atoms with van der Waals surface area (Å²) in [5.41, 5.74) is 5.23. The summed E-state index contributed by atoms with van der Waals surface area (Å²) in [4.78, 5) is 17.6. The number of nitrogens with zero attached hydrogens (tertiary/aromatic N) is 3. The summed E-state index contributed by atoms with van der Waals surface area (Å²) in [6.07, 6.45) is 0.882. The predicted octanol–water partition coefficient (Wildman–Crippen LogP) is 3.74. The van der Waals surface area contributed by atoms with E-state index in [-0.39, 0.29) is 5.91 Å². The third-order valence-corrected chi connectivity index (χ3v) is 7.70. The van der Waals surface area contributed by atoms with E-state index in [9.17, 15) is 4.79 Å². The van der Waals surface area contributed by atoms with Gasteiger partial charge in [0.1, 0.15) is 5.69 Å². The number of hydrogen-bond donors (Lipinski definition) is 1. The summed E-state index contributed by atoms with van der Waals surface area (Å²) in [5, 5.41) is 9.70. The minimum atomic E-state index is 0.0943. The molecule has 3 aromatic rings. The molecule has 0 aliphatic carbocycles. The van der Waals surface area contributed by atoms with Crippen molar-refractivity contribution in [2.45, 2.75) is 17.2 Å². The molecule has 5 rings (SSSR count). The molecule has 1 N–H and O–H groups in total. The van der Waals surface area contributed by atoms with Gasteiger partial charge in [-0.25, -0.2) is 0 Å². The molecular weight excluding hydrogens is 388 g/mol. The molecule has 7 heteroatoms. The van der Waals surface area contributed by atoms with Crippen molar-refractivity contribution in [1.29, 1.82) is 0 Å². The molecule has 0 spiro atoms. The number of nitrogens with one attached hydrogen (secondary N) is 1. The molecule has 0 radical (unpaired) electrons. The Kier molecular flexibility index (Phi) is 4.96. The number of benzene rings is 1. The third-order valence-electron chi connectivity index (χ3n) is 5.46. The Morgan fingerprint density at radius 1 is 1.11 bits per heavy atom. The number of aromatic nitrogens is 2. The van der Waals surface area contributed by atoms with Crippen LogP contribution < -0.4 is 0 Å². The summed E-state index contributed by atoms with van der Waals surface area (Å²) in [7, 11) is 0. The zero-order chi connectivity index (χ0) is 18.9. The van der Waals surface area contributed by atoms with Crippen molar-refractivity contribution in [1.82, 2.24) is 20.0 Å². The summed E-state index contributed by atoms with van der Waals surface area (Å²) in [5.74, 6) is 1.09. The number of piperazine rings is 1. The van der Waals surface area contributed by atoms with Gasteiger partial charge in [-0.15, -0.1) is 23.1 Å². The Balaban J connectivity index is 1.29. The lowest BCUT2D eigenvalue weighted by Crippen LogP contribution is -2.48. The first kappa shape index (κ1) is 18.0. The highest BCUT2D eigenvalue weighted by Crippen LogP contribution is 2.41. The van der Waals surface area contributed by atoms with Crippen LogP contribution >= 0.6 is 23.1 Å². The average Bonchev–Trinajstić information content (AvgIpc) is 3.32. The van der Waals surface area contributed by atoms with Crippen molar-refractivity contribution >= 4 is 29.0 Å². The van der Waals surface area contributed by atoms with Crippen LogP contribution in [0.25, 0.3) is 11.3 Å². The standard InChI is InChI=1S/C21H22N4OS2/c26-20(25-10-8-24(9-11-25)14-15-4-2-1-3-5-15)19-16-6-12-27-21-17(7-13-28-21)18(16)22-23-19/h1-5,7,13H,6,8-12,14H2,(H,22,23). The Labute approximate surface area is 172 Å². The van der Waals surface area contributed by atoms with Crippen LogP contribution in [0.2, 0.25) is 0 Å². The first-order valence-corrected chi connectivity index (χ1v) is 11.5. The second-order valence-electron chi connectivity index (χ2n) is 7.20. The number of aromatic amines is 1. The fourth-order valence-corrected chi connectivity index (χ4v) is 6.07. The molecule has 2 aromatic heterocycles. The fraction of sp³-hybridized carbons (Fsp3) is 0.333. The van der Waals surface area contributed by atoms with Gasteiger partial charge in [-0.05, 0) is 23.4 Å². The van der Waals surface area contributed by atoms with Crippen LogP contribution in [0.3, 0.4) is 0 Å². The molecule has 5 nitrogen and oxygen atoms in total. The minimum absolute atomic E-state index is 0.0943. The quantitative estimate of drug-likeness (QED) is 0.715. The Morgan fingerprint density at radius 2 is 1.93 bits per heavy atom. The molecule has 1 saturated heterocycles. The van der Waals surface area contributed by atoms with Gasteiger partial charge in [0.15, 0.2) is 0 Å². The van der Waals surface area contributed by atoms with Crippen LogP contribution in [0, 0.1) is 0 Å². The van der Waals surface area contributed by atoms with Gasteiger partial charge < -0.3 is 4.90 Å². The van der Waals surface area contributed by atoms with Crippen molar-refractivity contribution in [3.8, 4) is 11.3 Å². The Hall–Kier alpha value is -2.09. The molecule has 1 aromatic carbocycles. The first-order valence-electron chi connectivity index (χ1n) is 9.63. The number of rotatable bonds is 3. The molecular formula is C21H22N4OS2. The molecule has 0 bridgehead atoms. The molecule has 0 saturated carbocycles. The minimum Gasteiger partial charge on any atom is -0.335 e. The SMILES string of the molecule is O=C(c1[nH]nc2c1CCSc1sccc1-2)N1CCN(Cc2ccccc2)CC1. The monoisotopic (exact) mass is 410 g/mol. The molecule has 0 atom stereocenters. The molecule has 144 valence electrons. The number of carbonyl (C=O) groups is 1. The normalized spacial score (nSPS) is 17.1. The van der Waals surface area contributed by atoms with E-state index in [0.717, 1.165) is 56.2 Å². The number of hydrogen-bond acceptors (Lipinski definition) is 5. The second-order valence-corrected chi connectivity index (χ2v) is 9.48. The highest BCUT2D eigenvalue weighted by Gasteiger charge is 2.29. The average molecular weight is 411 g/mol. The van der Waals surface area contributed by atoms with Crippen molar-refractivity contribution in [2.75, 3.05) is 31.9 Å². The van der Waals surface area contributed by atoms with Gasteiger partial charge >= 0.3 is 0 Å². The lowest BCUT2D eigenvalue weighted by atomic mass is 10.1. The number of amides is 1. The van der Waals surface area contributed by atoms with Crippen LogP contribution in [0.5, 0.6) is 0 Å². The Bertz CT molecular complexity index is 973. The maximum atomic E-state index is 13.2. The molecule has 2 aliphatic heterocycles. The van der Waals surface area contributed by atoms with E-state index in [1.54, 1.807) is 11.3 Å². The van der Waals surface area contributed by atoms with Gasteiger partial charge in [0, 0.05) is 49.6 Å². The van der Waals surface area contributed by atoms with E-state index >= 15 is 0 Å². The van der Waals surface area contributed by atoms with Gasteiger partial charge in [-0.1, -0.05) is 30.3 Å². The van der Waals surface area contributed by atoms with Gasteiger partial charge in [0.2, 0.25) is 0 Å². The number of thiophene rings is 1. The largest absolute Gasteiger partial charge is 0.335 e. The van der Waals surface area contributed by atoms with Crippen LogP contribution in [0.1, 0.15) is 21.6 Å². The molecule has 1 fully saturated rings. The smallest absolute Gasteiger partial charge is 0.272 e. The molecule has 28 heavy (non-hydrogen) atoms. The van der Waals surface area contributed by atoms with Crippen LogP contribution in [0.15, 0.2) is 46.0 Å². The van der Waals surface area contributed by atoms with E-state index in [4.69, 9.17) is 0 Å². The topological polar surface area (TPSA) is 52.2 Å². The number of fused-ring (bicyclic) bond motifs is 3. The number of H-pyrrole nitrogens is 1. The van der Waals surface area contributed by atoms with Gasteiger partial charge in [0.25, 0.3) is 5.91 Å². The van der Waals surface area contributed by atoms with Crippen molar-refractivity contribution in [3.05, 3.63) is 58.6 Å². The summed E-state index contributed by atoms with van der Waals surface area (Å²) in [6.45, 7) is 4.28.